The quantitative estimate of drug-likeness (QED) is 0.719. The predicted molar refractivity (Wildman–Crippen MR) is 74.2 cm³/mol. The zero-order chi connectivity index (χ0) is 14.7. The van der Waals surface area contributed by atoms with Gasteiger partial charge in [-0.2, -0.15) is 5.10 Å². The lowest BCUT2D eigenvalue weighted by Crippen LogP contribution is -2.37. The van der Waals surface area contributed by atoms with Crippen LogP contribution < -0.4 is 5.32 Å². The van der Waals surface area contributed by atoms with E-state index < -0.39 is 18.4 Å². The summed E-state index contributed by atoms with van der Waals surface area (Å²) in [7, 11) is 0. The Bertz CT molecular complexity index is 606. The Hall–Kier alpha value is -2.35. The molecule has 1 aromatic heterocycles. The predicted octanol–water partition coefficient (Wildman–Crippen LogP) is 0.997. The first kappa shape index (κ1) is 14.1. The maximum atomic E-state index is 12.0. The number of aliphatic hydroxyl groups excluding tert-OH is 1. The largest absolute Gasteiger partial charge is 0.504 e. The van der Waals surface area contributed by atoms with Crippen molar-refractivity contribution in [1.82, 2.24) is 10.3 Å². The number of rotatable bonds is 4. The monoisotopic (exact) mass is 295 g/mol. The lowest BCUT2D eigenvalue weighted by molar-refractivity contribution is -0.137. The smallest absolute Gasteiger partial charge is 0.322 e. The third-order valence-electron chi connectivity index (χ3n) is 2.63. The number of fused-ring (bicyclic) bond motifs is 1. The third-order valence-corrected chi connectivity index (χ3v) is 3.60. The number of nitrogens with one attached hydrogen (secondary N) is 1. The Kier molecular flexibility index (Phi) is 4.04. The molecule has 106 valence electrons. The van der Waals surface area contributed by atoms with E-state index in [1.165, 1.54) is 22.6 Å². The average Bonchev–Trinajstić information content (AvgIpc) is 2.85. The van der Waals surface area contributed by atoms with E-state index in [1.54, 1.807) is 6.92 Å². The fourth-order valence-corrected chi connectivity index (χ4v) is 2.70. The van der Waals surface area contributed by atoms with Gasteiger partial charge in [0.2, 0.25) is 0 Å². The maximum absolute atomic E-state index is 12.0. The summed E-state index contributed by atoms with van der Waals surface area (Å²) in [6.07, 6.45) is 1.50. The van der Waals surface area contributed by atoms with Crippen molar-refractivity contribution in [1.29, 1.82) is 0 Å². The molecule has 0 spiro atoms. The Morgan fingerprint density at radius 3 is 3.00 bits per heavy atom. The number of carbonyl (C=O) groups excluding carboxylic acids is 1. The van der Waals surface area contributed by atoms with Crippen LogP contribution >= 0.6 is 11.3 Å². The second-order valence-corrected chi connectivity index (χ2v) is 4.90. The normalized spacial score (nSPS) is 14.6. The zero-order valence-corrected chi connectivity index (χ0v) is 11.5. The van der Waals surface area contributed by atoms with Gasteiger partial charge in [-0.25, -0.2) is 0 Å². The van der Waals surface area contributed by atoms with Gasteiger partial charge < -0.3 is 15.5 Å². The highest BCUT2D eigenvalue weighted by molar-refractivity contribution is 7.11. The summed E-state index contributed by atoms with van der Waals surface area (Å²) in [4.78, 5) is 23.1. The van der Waals surface area contributed by atoms with Gasteiger partial charge in [-0.15, -0.1) is 11.3 Å². The molecule has 0 atom stereocenters. The molecule has 20 heavy (non-hydrogen) atoms. The van der Waals surface area contributed by atoms with Crippen LogP contribution in [0.2, 0.25) is 0 Å². The fraction of sp³-hybridized carbons (Fsp3) is 0.250. The van der Waals surface area contributed by atoms with E-state index in [0.29, 0.717) is 11.4 Å². The first-order chi connectivity index (χ1) is 9.54. The molecule has 0 radical (unpaired) electrons. The Labute approximate surface area is 118 Å². The summed E-state index contributed by atoms with van der Waals surface area (Å²) >= 11 is 1.32. The second kappa shape index (κ2) is 5.74. The van der Waals surface area contributed by atoms with Gasteiger partial charge in [-0.1, -0.05) is 0 Å². The number of thiophene rings is 1. The number of nitrogens with zero attached hydrogens (tertiary/aromatic N) is 2. The second-order valence-electron chi connectivity index (χ2n) is 3.98. The molecule has 0 saturated carbocycles. The lowest BCUT2D eigenvalue weighted by atomic mass is 10.1. The van der Waals surface area contributed by atoms with E-state index in [2.05, 4.69) is 10.4 Å². The van der Waals surface area contributed by atoms with Crippen LogP contribution in [-0.4, -0.2) is 39.9 Å². The van der Waals surface area contributed by atoms with Crippen LogP contribution in [0.1, 0.15) is 17.4 Å². The first-order valence-corrected chi connectivity index (χ1v) is 6.68. The number of hydrogen-bond donors (Lipinski definition) is 3. The number of aliphatic hydroxyl groups is 1. The molecular formula is C12H13N3O4S. The summed E-state index contributed by atoms with van der Waals surface area (Å²) in [5.41, 5.74) is 0.826. The topological polar surface area (TPSA) is 102 Å². The number of hydrazone groups is 1. The third kappa shape index (κ3) is 2.64. The Morgan fingerprint density at radius 1 is 1.60 bits per heavy atom. The highest BCUT2D eigenvalue weighted by atomic mass is 32.1. The molecular weight excluding hydrogens is 282 g/mol. The van der Waals surface area contributed by atoms with Crippen LogP contribution in [0.5, 0.6) is 0 Å². The van der Waals surface area contributed by atoms with Crippen molar-refractivity contribution in [3.63, 3.8) is 0 Å². The van der Waals surface area contributed by atoms with Gasteiger partial charge in [0.1, 0.15) is 6.54 Å². The highest BCUT2D eigenvalue weighted by Gasteiger charge is 2.30. The Morgan fingerprint density at radius 2 is 2.35 bits per heavy atom. The molecule has 1 amide bonds. The van der Waals surface area contributed by atoms with E-state index in [1.807, 2.05) is 11.4 Å². The van der Waals surface area contributed by atoms with Crippen LogP contribution in [0.15, 0.2) is 22.2 Å². The van der Waals surface area contributed by atoms with Crippen molar-refractivity contribution in [3.05, 3.63) is 27.6 Å². The molecule has 2 rings (SSSR count). The van der Waals surface area contributed by atoms with Crippen LogP contribution in [0, 0.1) is 0 Å². The average molecular weight is 295 g/mol. The first-order valence-electron chi connectivity index (χ1n) is 5.80. The number of carboxylic acid groups (broad SMARTS) is 1. The van der Waals surface area contributed by atoms with Crippen molar-refractivity contribution in [2.45, 2.75) is 13.5 Å². The molecule has 1 aromatic rings. The molecule has 0 bridgehead atoms. The SMILES string of the molecule is C/C=N\N1Cc2ccsc2C(O)=C1C(=O)NCC(=O)O. The molecule has 0 fully saturated rings. The molecule has 8 heteroatoms. The standard InChI is InChI=1S/C12H13N3O4S/c1-2-14-15-6-7-3-4-20-11(7)10(18)9(15)12(19)13-5-8(16)17/h2-4,18H,5-6H2,1H3,(H,13,19)(H,16,17)/b14-2-. The zero-order valence-electron chi connectivity index (χ0n) is 10.7. The van der Waals surface area contributed by atoms with Crippen molar-refractivity contribution in [3.8, 4) is 0 Å². The molecule has 3 N–H and O–H groups in total. The van der Waals surface area contributed by atoms with Gasteiger partial charge in [0.25, 0.3) is 5.91 Å². The molecule has 1 aliphatic heterocycles. The van der Waals surface area contributed by atoms with E-state index in [-0.39, 0.29) is 11.5 Å². The van der Waals surface area contributed by atoms with Crippen molar-refractivity contribution in [2.24, 2.45) is 5.10 Å². The fourth-order valence-electron chi connectivity index (χ4n) is 1.84. The van der Waals surface area contributed by atoms with Gasteiger partial charge in [0, 0.05) is 6.21 Å². The van der Waals surface area contributed by atoms with Crippen LogP contribution in [-0.2, 0) is 16.1 Å². The summed E-state index contributed by atoms with van der Waals surface area (Å²) in [6, 6.07) is 1.85. The van der Waals surface area contributed by atoms with Crippen molar-refractivity contribution >= 4 is 35.2 Å². The number of carbonyl (C=O) groups is 2. The molecule has 0 aromatic carbocycles. The molecule has 7 nitrogen and oxygen atoms in total. The molecule has 0 saturated heterocycles. The van der Waals surface area contributed by atoms with Gasteiger partial charge in [0.05, 0.1) is 11.4 Å². The highest BCUT2D eigenvalue weighted by Crippen LogP contribution is 2.33. The van der Waals surface area contributed by atoms with E-state index >= 15 is 0 Å². The van der Waals surface area contributed by atoms with Gasteiger partial charge in [-0.05, 0) is 23.9 Å². The number of aliphatic carboxylic acids is 1. The summed E-state index contributed by atoms with van der Waals surface area (Å²) in [5.74, 6) is -2.01. The lowest BCUT2D eigenvalue weighted by Gasteiger charge is -2.26. The van der Waals surface area contributed by atoms with Gasteiger partial charge in [-0.3, -0.25) is 14.6 Å². The molecule has 0 aliphatic carbocycles. The van der Waals surface area contributed by atoms with Crippen molar-refractivity contribution < 1.29 is 19.8 Å². The van der Waals surface area contributed by atoms with E-state index in [9.17, 15) is 14.7 Å². The minimum absolute atomic E-state index is 0.0423. The van der Waals surface area contributed by atoms with E-state index in [0.717, 1.165) is 5.56 Å². The summed E-state index contributed by atoms with van der Waals surface area (Å²) in [5, 5.41) is 28.2. The Balaban J connectivity index is 2.36. The molecule has 2 heterocycles. The minimum atomic E-state index is -1.16. The summed E-state index contributed by atoms with van der Waals surface area (Å²) in [6.45, 7) is 1.52. The van der Waals surface area contributed by atoms with E-state index in [4.69, 9.17) is 5.11 Å². The minimum Gasteiger partial charge on any atom is -0.504 e. The number of hydrogen-bond acceptors (Lipinski definition) is 6. The molecule has 0 unspecified atom stereocenters. The molecule has 1 aliphatic rings. The maximum Gasteiger partial charge on any atom is 0.322 e. The van der Waals surface area contributed by atoms with Gasteiger partial charge >= 0.3 is 5.97 Å². The van der Waals surface area contributed by atoms with Gasteiger partial charge in [0.15, 0.2) is 11.5 Å². The summed E-state index contributed by atoms with van der Waals surface area (Å²) < 4.78 is 0. The number of carboxylic acids is 1. The number of amides is 1. The van der Waals surface area contributed by atoms with Crippen LogP contribution in [0.3, 0.4) is 0 Å². The van der Waals surface area contributed by atoms with Crippen LogP contribution in [0.4, 0.5) is 0 Å². The van der Waals surface area contributed by atoms with Crippen molar-refractivity contribution in [2.75, 3.05) is 6.54 Å². The van der Waals surface area contributed by atoms with Crippen LogP contribution in [0.25, 0.3) is 5.76 Å².